The van der Waals surface area contributed by atoms with Crippen molar-refractivity contribution in [1.82, 2.24) is 19.7 Å². The minimum absolute atomic E-state index is 0.0104. The quantitative estimate of drug-likeness (QED) is 0.817. The molecule has 22 heavy (non-hydrogen) atoms. The number of rotatable bonds is 2. The lowest BCUT2D eigenvalue weighted by Gasteiger charge is -2.24. The molecule has 0 unspecified atom stereocenters. The van der Waals surface area contributed by atoms with E-state index in [0.29, 0.717) is 12.2 Å². The molecule has 6 nitrogen and oxygen atoms in total. The molecule has 0 aromatic carbocycles. The number of amides is 1. The van der Waals surface area contributed by atoms with Crippen molar-refractivity contribution in [3.8, 4) is 0 Å². The van der Waals surface area contributed by atoms with Gasteiger partial charge in [-0.05, 0) is 34.5 Å². The first-order valence-electron chi connectivity index (χ1n) is 7.28. The predicted octanol–water partition coefficient (Wildman–Crippen LogP) is 1.93. The molecule has 0 aliphatic carbocycles. The van der Waals surface area contributed by atoms with Gasteiger partial charge in [-0.25, -0.2) is 0 Å². The smallest absolute Gasteiger partial charge is 0.274 e. The second kappa shape index (κ2) is 6.48. The molecule has 2 aromatic rings. The van der Waals surface area contributed by atoms with E-state index in [4.69, 9.17) is 0 Å². The number of hydrogen-bond donors (Lipinski definition) is 0. The summed E-state index contributed by atoms with van der Waals surface area (Å²) >= 11 is 3.54. The first kappa shape index (κ1) is 15.0. The van der Waals surface area contributed by atoms with Gasteiger partial charge in [0.2, 0.25) is 0 Å². The normalized spacial score (nSPS) is 15.7. The average molecular weight is 364 g/mol. The maximum absolute atomic E-state index is 12.5. The number of carbonyl (C=O) groups is 1. The van der Waals surface area contributed by atoms with Crippen LogP contribution in [-0.4, -0.2) is 51.8 Å². The molecule has 1 fully saturated rings. The first-order valence-corrected chi connectivity index (χ1v) is 8.08. The van der Waals surface area contributed by atoms with Crippen LogP contribution in [0.5, 0.6) is 0 Å². The Morgan fingerprint density at radius 3 is 2.82 bits per heavy atom. The molecule has 0 radical (unpaired) electrons. The van der Waals surface area contributed by atoms with Crippen LogP contribution in [0.1, 0.15) is 16.9 Å². The maximum atomic E-state index is 12.5. The minimum atomic E-state index is 0.0104. The number of aryl methyl sites for hydroxylation is 1. The Labute approximate surface area is 137 Å². The van der Waals surface area contributed by atoms with Gasteiger partial charge in [-0.3, -0.25) is 14.5 Å². The second-order valence-corrected chi connectivity index (χ2v) is 6.19. The van der Waals surface area contributed by atoms with Gasteiger partial charge >= 0.3 is 0 Å². The molecule has 1 saturated heterocycles. The molecule has 116 valence electrons. The van der Waals surface area contributed by atoms with Crippen molar-refractivity contribution >= 4 is 27.5 Å². The molecular weight excluding hydrogens is 346 g/mol. The van der Waals surface area contributed by atoms with Crippen LogP contribution in [0.4, 0.5) is 5.69 Å². The highest BCUT2D eigenvalue weighted by Crippen LogP contribution is 2.25. The zero-order chi connectivity index (χ0) is 15.5. The molecule has 0 N–H and O–H groups in total. The first-order chi connectivity index (χ1) is 10.6. The Bertz CT molecular complexity index is 671. The molecule has 3 heterocycles. The molecule has 0 saturated carbocycles. The number of carbonyl (C=O) groups excluding carboxylic acids is 1. The summed E-state index contributed by atoms with van der Waals surface area (Å²) in [6.45, 7) is 3.19. The van der Waals surface area contributed by atoms with Gasteiger partial charge in [0.1, 0.15) is 5.69 Å². The highest BCUT2D eigenvalue weighted by molar-refractivity contribution is 9.10. The van der Waals surface area contributed by atoms with E-state index in [2.05, 4.69) is 30.9 Å². The van der Waals surface area contributed by atoms with E-state index in [-0.39, 0.29) is 5.91 Å². The summed E-state index contributed by atoms with van der Waals surface area (Å²) in [5.41, 5.74) is 1.64. The molecule has 1 aliphatic rings. The maximum Gasteiger partial charge on any atom is 0.274 e. The lowest BCUT2D eigenvalue weighted by molar-refractivity contribution is 0.0760. The molecule has 0 bridgehead atoms. The van der Waals surface area contributed by atoms with Crippen LogP contribution in [0.2, 0.25) is 0 Å². The predicted molar refractivity (Wildman–Crippen MR) is 87.9 cm³/mol. The molecule has 2 aromatic heterocycles. The number of nitrogens with zero attached hydrogens (tertiary/aromatic N) is 5. The van der Waals surface area contributed by atoms with Crippen molar-refractivity contribution in [3.05, 3.63) is 40.9 Å². The van der Waals surface area contributed by atoms with E-state index in [1.54, 1.807) is 29.3 Å². The SMILES string of the molecule is Cn1ccc(C(=O)N2CCCN(c3ccncc3Br)CC2)n1. The number of anilines is 1. The number of hydrogen-bond acceptors (Lipinski definition) is 4. The minimum Gasteiger partial charge on any atom is -0.369 e. The van der Waals surface area contributed by atoms with E-state index in [9.17, 15) is 4.79 Å². The summed E-state index contributed by atoms with van der Waals surface area (Å²) in [6.07, 6.45) is 6.33. The van der Waals surface area contributed by atoms with Crippen molar-refractivity contribution in [2.24, 2.45) is 7.05 Å². The van der Waals surface area contributed by atoms with Crippen molar-refractivity contribution in [2.45, 2.75) is 6.42 Å². The third-order valence-corrected chi connectivity index (χ3v) is 4.42. The van der Waals surface area contributed by atoms with E-state index in [0.717, 1.165) is 36.2 Å². The Hall–Kier alpha value is -1.89. The second-order valence-electron chi connectivity index (χ2n) is 5.33. The van der Waals surface area contributed by atoms with Crippen molar-refractivity contribution in [3.63, 3.8) is 0 Å². The van der Waals surface area contributed by atoms with Crippen molar-refractivity contribution in [1.29, 1.82) is 0 Å². The Morgan fingerprint density at radius 2 is 2.09 bits per heavy atom. The fourth-order valence-corrected chi connectivity index (χ4v) is 3.18. The average Bonchev–Trinajstić information content (AvgIpc) is 2.81. The zero-order valence-electron chi connectivity index (χ0n) is 12.4. The fraction of sp³-hybridized carbons (Fsp3) is 0.400. The number of aromatic nitrogens is 3. The van der Waals surface area contributed by atoms with E-state index < -0.39 is 0 Å². The summed E-state index contributed by atoms with van der Waals surface area (Å²) in [6, 6.07) is 3.77. The van der Waals surface area contributed by atoms with Crippen LogP contribution in [0.25, 0.3) is 0 Å². The summed E-state index contributed by atoms with van der Waals surface area (Å²) in [5, 5.41) is 4.20. The third kappa shape index (κ3) is 3.14. The van der Waals surface area contributed by atoms with Crippen molar-refractivity contribution < 1.29 is 4.79 Å². The molecule has 0 spiro atoms. The van der Waals surface area contributed by atoms with Crippen LogP contribution in [0, 0.1) is 0 Å². The topological polar surface area (TPSA) is 54.3 Å². The van der Waals surface area contributed by atoms with Crippen LogP contribution < -0.4 is 4.90 Å². The van der Waals surface area contributed by atoms with E-state index in [1.165, 1.54) is 0 Å². The summed E-state index contributed by atoms with van der Waals surface area (Å²) in [5.74, 6) is 0.0104. The van der Waals surface area contributed by atoms with Crippen molar-refractivity contribution in [2.75, 3.05) is 31.1 Å². The standard InChI is InChI=1S/C15H18BrN5O/c1-19-8-4-13(18-19)15(22)21-7-2-6-20(9-10-21)14-3-5-17-11-12(14)16/h3-5,8,11H,2,6-7,9-10H2,1H3. The zero-order valence-corrected chi connectivity index (χ0v) is 14.0. The molecular formula is C15H18BrN5O. The van der Waals surface area contributed by atoms with Crippen LogP contribution in [0.15, 0.2) is 35.2 Å². The van der Waals surface area contributed by atoms with Gasteiger partial charge in [-0.15, -0.1) is 0 Å². The summed E-state index contributed by atoms with van der Waals surface area (Å²) in [7, 11) is 1.82. The summed E-state index contributed by atoms with van der Waals surface area (Å²) < 4.78 is 2.64. The molecule has 3 rings (SSSR count). The highest BCUT2D eigenvalue weighted by atomic mass is 79.9. The van der Waals surface area contributed by atoms with Crippen LogP contribution in [-0.2, 0) is 7.05 Å². The monoisotopic (exact) mass is 363 g/mol. The van der Waals surface area contributed by atoms with Gasteiger partial charge in [0.05, 0.1) is 10.2 Å². The van der Waals surface area contributed by atoms with Gasteiger partial charge in [-0.2, -0.15) is 5.10 Å². The lowest BCUT2D eigenvalue weighted by Crippen LogP contribution is -2.35. The summed E-state index contributed by atoms with van der Waals surface area (Å²) in [4.78, 5) is 20.8. The largest absolute Gasteiger partial charge is 0.369 e. The van der Waals surface area contributed by atoms with Crippen LogP contribution >= 0.6 is 15.9 Å². The van der Waals surface area contributed by atoms with E-state index in [1.807, 2.05) is 18.0 Å². The number of pyridine rings is 1. The molecule has 7 heteroatoms. The third-order valence-electron chi connectivity index (χ3n) is 3.81. The molecule has 0 atom stereocenters. The van der Waals surface area contributed by atoms with Gasteiger partial charge < -0.3 is 9.80 Å². The van der Waals surface area contributed by atoms with Crippen LogP contribution in [0.3, 0.4) is 0 Å². The van der Waals surface area contributed by atoms with Gasteiger partial charge in [0.15, 0.2) is 0 Å². The Balaban J connectivity index is 1.70. The van der Waals surface area contributed by atoms with Gasteiger partial charge in [-0.1, -0.05) is 0 Å². The Kier molecular flexibility index (Phi) is 4.42. The van der Waals surface area contributed by atoms with Gasteiger partial charge in [0.25, 0.3) is 5.91 Å². The fourth-order valence-electron chi connectivity index (χ4n) is 2.68. The van der Waals surface area contributed by atoms with Gasteiger partial charge in [0, 0.05) is 51.8 Å². The van der Waals surface area contributed by atoms with E-state index >= 15 is 0 Å². The lowest BCUT2D eigenvalue weighted by atomic mass is 10.3. The molecule has 1 amide bonds. The number of halogens is 1. The highest BCUT2D eigenvalue weighted by Gasteiger charge is 2.22. The Morgan fingerprint density at radius 1 is 1.23 bits per heavy atom. The molecule has 1 aliphatic heterocycles.